The zero-order chi connectivity index (χ0) is 40.3. The van der Waals surface area contributed by atoms with Crippen molar-refractivity contribution in [3.05, 3.63) is 117 Å². The Morgan fingerprint density at radius 1 is 1.04 bits per heavy atom. The van der Waals surface area contributed by atoms with Crippen LogP contribution in [0.5, 0.6) is 5.75 Å². The van der Waals surface area contributed by atoms with E-state index in [2.05, 4.69) is 14.7 Å². The number of nitrogens with one attached hydrogen (secondary N) is 1. The molecule has 0 aliphatic carbocycles. The molecule has 1 aliphatic heterocycles. The van der Waals surface area contributed by atoms with Crippen LogP contribution in [-0.4, -0.2) is 76.7 Å². The van der Waals surface area contributed by atoms with E-state index in [1.165, 1.54) is 53.7 Å². The molecular formula is C39H35ClF2N8O6S. The van der Waals surface area contributed by atoms with Gasteiger partial charge in [-0.05, 0) is 78.8 Å². The van der Waals surface area contributed by atoms with Crippen molar-refractivity contribution >= 4 is 65.9 Å². The van der Waals surface area contributed by atoms with Crippen molar-refractivity contribution in [2.45, 2.75) is 23.9 Å². The summed E-state index contributed by atoms with van der Waals surface area (Å²) in [4.78, 5) is 34.8. The van der Waals surface area contributed by atoms with Crippen LogP contribution in [0.25, 0.3) is 38.4 Å². The van der Waals surface area contributed by atoms with Crippen LogP contribution >= 0.6 is 11.6 Å². The van der Waals surface area contributed by atoms with Crippen LogP contribution in [0.2, 0.25) is 5.02 Å². The Kier molecular flexibility index (Phi) is 9.71. The van der Waals surface area contributed by atoms with Crippen LogP contribution in [0, 0.1) is 11.6 Å². The number of phenolic OH excluding ortho intramolecular Hbond substituents is 1. The van der Waals surface area contributed by atoms with Gasteiger partial charge in [-0.3, -0.25) is 18.8 Å². The van der Waals surface area contributed by atoms with Crippen molar-refractivity contribution < 1.29 is 31.8 Å². The summed E-state index contributed by atoms with van der Waals surface area (Å²) in [5, 5.41) is 15.2. The third-order valence-electron chi connectivity index (χ3n) is 10.2. The maximum absolute atomic E-state index is 15.2. The predicted molar refractivity (Wildman–Crippen MR) is 211 cm³/mol. The third-order valence-corrected chi connectivity index (χ3v) is 11.8. The maximum Gasteiger partial charge on any atom is 0.266 e. The van der Waals surface area contributed by atoms with Crippen molar-refractivity contribution in [2.24, 2.45) is 12.8 Å². The molecular weight excluding hydrogens is 782 g/mol. The largest absolute Gasteiger partial charge is 0.508 e. The van der Waals surface area contributed by atoms with Crippen LogP contribution < -0.4 is 20.9 Å². The molecule has 14 nitrogen and oxygen atoms in total. The van der Waals surface area contributed by atoms with E-state index in [9.17, 15) is 27.1 Å². The highest BCUT2D eigenvalue weighted by Gasteiger charge is 2.31. The second-order valence-corrected chi connectivity index (χ2v) is 16.0. The van der Waals surface area contributed by atoms with Crippen molar-refractivity contribution in [3.63, 3.8) is 0 Å². The lowest BCUT2D eigenvalue weighted by Crippen LogP contribution is -2.36. The lowest BCUT2D eigenvalue weighted by atomic mass is 10.0. The number of nitrogens with zero attached hydrogens (tertiary/aromatic N) is 6. The minimum absolute atomic E-state index is 0.0426. The van der Waals surface area contributed by atoms with Crippen molar-refractivity contribution in [1.29, 1.82) is 0 Å². The molecule has 0 saturated carbocycles. The number of morpholine rings is 1. The van der Waals surface area contributed by atoms with E-state index in [0.29, 0.717) is 48.3 Å². The number of hydrogen-bond acceptors (Lipinski definition) is 9. The Morgan fingerprint density at radius 2 is 1.77 bits per heavy atom. The van der Waals surface area contributed by atoms with Gasteiger partial charge in [0.2, 0.25) is 10.9 Å². The summed E-state index contributed by atoms with van der Waals surface area (Å²) in [6.45, 7) is 2.23. The first-order valence-electron chi connectivity index (χ1n) is 17.8. The molecule has 1 amide bonds. The second kappa shape index (κ2) is 14.6. The smallest absolute Gasteiger partial charge is 0.266 e. The van der Waals surface area contributed by atoms with Gasteiger partial charge in [0.1, 0.15) is 23.2 Å². The number of nitrogens with two attached hydrogens (primary N) is 1. The van der Waals surface area contributed by atoms with E-state index in [0.717, 1.165) is 11.8 Å². The van der Waals surface area contributed by atoms with Crippen molar-refractivity contribution in [1.82, 2.24) is 28.6 Å². The van der Waals surface area contributed by atoms with Gasteiger partial charge < -0.3 is 25.0 Å². The number of ether oxygens (including phenoxy) is 1. The Bertz CT molecular complexity index is 2920. The first-order valence-corrected chi connectivity index (χ1v) is 19.6. The van der Waals surface area contributed by atoms with Crippen molar-refractivity contribution in [2.75, 3.05) is 38.3 Å². The quantitative estimate of drug-likeness (QED) is 0.180. The molecule has 1 fully saturated rings. The summed E-state index contributed by atoms with van der Waals surface area (Å²) in [6.07, 6.45) is 1.28. The van der Waals surface area contributed by atoms with Crippen molar-refractivity contribution in [3.8, 4) is 11.4 Å². The lowest BCUT2D eigenvalue weighted by Gasteiger charge is -2.29. The lowest BCUT2D eigenvalue weighted by molar-refractivity contribution is -0.117. The first kappa shape index (κ1) is 38.0. The fraction of sp³-hybridized carbons (Fsp3) is 0.231. The summed E-state index contributed by atoms with van der Waals surface area (Å²) >= 11 is 6.69. The average Bonchev–Trinajstić information content (AvgIpc) is 3.71. The van der Waals surface area contributed by atoms with Gasteiger partial charge >= 0.3 is 0 Å². The molecule has 8 rings (SSSR count). The number of primary amides is 1. The number of phenols is 1. The number of hydrogen-bond donors (Lipinski definition) is 3. The molecule has 1 aliphatic rings. The molecule has 3 aromatic heterocycles. The zero-order valence-electron chi connectivity index (χ0n) is 30.5. The standard InChI is InChI=1S/C39H35ClF2N8O6S/c1-44-57(54,55)38-35-29(40)6-8-32(36(35)47(2)46-38)50-37(45-30-18-25(3-5-27(30)39(50)53)48-9-11-56-12-10-48)33(15-21-13-23(41)17-24(42)14-21)49-20-22(16-34(43)52)28-19-26(51)4-7-31(28)49/h3-8,13-14,17-20,33,44,51H,9-12,15-16H2,1-2H3,(H2,43,52)/t33-/m0/s1. The van der Waals surface area contributed by atoms with Gasteiger partial charge in [0.25, 0.3) is 15.6 Å². The van der Waals surface area contributed by atoms with Gasteiger partial charge in [-0.15, -0.1) is 0 Å². The summed E-state index contributed by atoms with van der Waals surface area (Å²) < 4.78 is 68.3. The minimum atomic E-state index is -4.16. The molecule has 4 heterocycles. The summed E-state index contributed by atoms with van der Waals surface area (Å²) in [6, 6.07) is 14.9. The number of benzene rings is 4. The number of halogens is 3. The molecule has 294 valence electrons. The highest BCUT2D eigenvalue weighted by Crippen LogP contribution is 2.37. The van der Waals surface area contributed by atoms with Gasteiger partial charge in [-0.25, -0.2) is 26.9 Å². The van der Waals surface area contributed by atoms with Gasteiger partial charge in [-0.2, -0.15) is 5.10 Å². The first-order chi connectivity index (χ1) is 27.2. The Morgan fingerprint density at radius 3 is 2.47 bits per heavy atom. The molecule has 4 N–H and O–H groups in total. The van der Waals surface area contributed by atoms with Crippen LogP contribution in [0.1, 0.15) is 23.0 Å². The number of fused-ring (bicyclic) bond motifs is 3. The highest BCUT2D eigenvalue weighted by molar-refractivity contribution is 7.89. The molecule has 4 aromatic carbocycles. The number of rotatable bonds is 10. The Balaban J connectivity index is 1.50. The molecule has 7 aromatic rings. The molecule has 57 heavy (non-hydrogen) atoms. The van der Waals surface area contributed by atoms with Gasteiger partial charge in [0.05, 0.1) is 58.2 Å². The maximum atomic E-state index is 15.2. The Hall–Kier alpha value is -5.88. The molecule has 18 heteroatoms. The number of aromatic nitrogens is 5. The molecule has 1 atom stereocenters. The number of sulfonamides is 1. The fourth-order valence-corrected chi connectivity index (χ4v) is 8.82. The predicted octanol–water partition coefficient (Wildman–Crippen LogP) is 4.47. The monoisotopic (exact) mass is 816 g/mol. The number of aromatic hydroxyl groups is 1. The van der Waals surface area contributed by atoms with E-state index in [1.54, 1.807) is 35.0 Å². The minimum Gasteiger partial charge on any atom is -0.508 e. The van der Waals surface area contributed by atoms with Crippen LogP contribution in [0.3, 0.4) is 0 Å². The highest BCUT2D eigenvalue weighted by atomic mass is 35.5. The molecule has 0 spiro atoms. The van der Waals surface area contributed by atoms with Gasteiger partial charge in [-0.1, -0.05) is 11.6 Å². The number of carbonyl (C=O) groups excluding carboxylic acids is 1. The SMILES string of the molecule is CNS(=O)(=O)c1nn(C)c2c(-n3c([C@H](Cc4cc(F)cc(F)c4)n4cc(CC(N)=O)c5cc(O)ccc54)nc4cc(N5CCOCC5)ccc4c3=O)ccc(Cl)c12. The normalized spacial score (nSPS) is 14.2. The molecule has 0 bridgehead atoms. The van der Waals surface area contributed by atoms with Crippen LogP contribution in [-0.2, 0) is 39.4 Å². The number of carbonyl (C=O) groups is 1. The molecule has 1 saturated heterocycles. The van der Waals surface area contributed by atoms with Crippen LogP contribution in [0.4, 0.5) is 14.5 Å². The van der Waals surface area contributed by atoms with E-state index in [1.807, 2.05) is 6.07 Å². The number of amides is 1. The Labute approximate surface area is 328 Å². The fourth-order valence-electron chi connectivity index (χ4n) is 7.62. The van der Waals surface area contributed by atoms with E-state index in [4.69, 9.17) is 27.1 Å². The number of anilines is 1. The summed E-state index contributed by atoms with van der Waals surface area (Å²) in [5.41, 5.74) is 7.69. The van der Waals surface area contributed by atoms with Gasteiger partial charge in [0.15, 0.2) is 0 Å². The molecule has 0 unspecified atom stereocenters. The van der Waals surface area contributed by atoms with E-state index >= 15 is 4.79 Å². The summed E-state index contributed by atoms with van der Waals surface area (Å²) in [5.74, 6) is -2.31. The number of aryl methyl sites for hydroxylation is 1. The summed E-state index contributed by atoms with van der Waals surface area (Å²) in [7, 11) is -1.40. The van der Waals surface area contributed by atoms with E-state index in [-0.39, 0.29) is 62.0 Å². The zero-order valence-corrected chi connectivity index (χ0v) is 32.1. The topological polar surface area (TPSA) is 180 Å². The average molecular weight is 817 g/mol. The van der Waals surface area contributed by atoms with Gasteiger partial charge in [0, 0.05) is 55.4 Å². The third kappa shape index (κ3) is 6.85. The second-order valence-electron chi connectivity index (χ2n) is 13.7. The van der Waals surface area contributed by atoms with E-state index < -0.39 is 39.2 Å². The molecule has 0 radical (unpaired) electrons. The van der Waals surface area contributed by atoms with Crippen LogP contribution in [0.15, 0.2) is 82.7 Å².